The van der Waals surface area contributed by atoms with Gasteiger partial charge in [-0.3, -0.25) is 14.4 Å². The van der Waals surface area contributed by atoms with E-state index in [-0.39, 0.29) is 31.3 Å². The maximum absolute atomic E-state index is 12.4. The van der Waals surface area contributed by atoms with Gasteiger partial charge < -0.3 is 14.4 Å². The molecule has 1 amide bonds. The highest BCUT2D eigenvalue weighted by Crippen LogP contribution is 2.27. The molecule has 0 aromatic heterocycles. The lowest BCUT2D eigenvalue weighted by molar-refractivity contribution is -0.147. The summed E-state index contributed by atoms with van der Waals surface area (Å²) in [6, 6.07) is 14.0. The van der Waals surface area contributed by atoms with Gasteiger partial charge in [-0.05, 0) is 42.8 Å². The lowest BCUT2D eigenvalue weighted by Gasteiger charge is -2.17. The van der Waals surface area contributed by atoms with E-state index < -0.39 is 11.9 Å². The van der Waals surface area contributed by atoms with Crippen LogP contribution in [0.4, 0.5) is 5.69 Å². The van der Waals surface area contributed by atoms with E-state index in [0.717, 1.165) is 16.6 Å². The van der Waals surface area contributed by atoms with Crippen LogP contribution in [-0.4, -0.2) is 37.4 Å². The first-order valence-electron chi connectivity index (χ1n) is 9.46. The Balaban J connectivity index is 1.54. The van der Waals surface area contributed by atoms with Crippen molar-refractivity contribution >= 4 is 39.3 Å². The highest BCUT2D eigenvalue weighted by atomic mass is 79.9. The molecule has 0 aliphatic carbocycles. The lowest BCUT2D eigenvalue weighted by Crippen LogP contribution is -2.27. The number of ketones is 1. The number of rotatable bonds is 8. The molecule has 1 unspecified atom stereocenters. The smallest absolute Gasteiger partial charge is 0.311 e. The molecule has 1 aliphatic rings. The van der Waals surface area contributed by atoms with Crippen molar-refractivity contribution in [3.05, 3.63) is 58.6 Å². The number of carbonyl (C=O) groups excluding carboxylic acids is 3. The predicted molar refractivity (Wildman–Crippen MR) is 112 cm³/mol. The first-order valence-corrected chi connectivity index (χ1v) is 10.3. The highest BCUT2D eigenvalue weighted by Gasteiger charge is 2.36. The van der Waals surface area contributed by atoms with Crippen molar-refractivity contribution in [2.24, 2.45) is 5.92 Å². The SMILES string of the molecule is CCCOc1ccc(N2CC(C(=O)OCC(=O)c3ccc(Br)cc3)CC2=O)cc1. The van der Waals surface area contributed by atoms with Crippen molar-refractivity contribution < 1.29 is 23.9 Å². The molecule has 3 rings (SSSR count). The number of benzene rings is 2. The van der Waals surface area contributed by atoms with Gasteiger partial charge in [-0.2, -0.15) is 0 Å². The molecule has 0 bridgehead atoms. The summed E-state index contributed by atoms with van der Waals surface area (Å²) in [5.74, 6) is -0.807. The summed E-state index contributed by atoms with van der Waals surface area (Å²) >= 11 is 3.31. The number of hydrogen-bond donors (Lipinski definition) is 0. The minimum Gasteiger partial charge on any atom is -0.494 e. The maximum atomic E-state index is 12.4. The molecule has 2 aromatic rings. The van der Waals surface area contributed by atoms with Crippen LogP contribution in [0.15, 0.2) is 53.0 Å². The van der Waals surface area contributed by atoms with Crippen molar-refractivity contribution in [3.63, 3.8) is 0 Å². The molecule has 6 nitrogen and oxygen atoms in total. The van der Waals surface area contributed by atoms with Gasteiger partial charge in [0, 0.05) is 28.7 Å². The van der Waals surface area contributed by atoms with Gasteiger partial charge in [0.1, 0.15) is 5.75 Å². The van der Waals surface area contributed by atoms with Crippen molar-refractivity contribution in [2.75, 3.05) is 24.7 Å². The van der Waals surface area contributed by atoms with Crippen LogP contribution in [0.3, 0.4) is 0 Å². The summed E-state index contributed by atoms with van der Waals surface area (Å²) in [7, 11) is 0. The summed E-state index contributed by atoms with van der Waals surface area (Å²) in [5.41, 5.74) is 1.18. The zero-order chi connectivity index (χ0) is 20.8. The molecule has 1 saturated heterocycles. The average molecular weight is 460 g/mol. The standard InChI is InChI=1S/C22H22BrNO5/c1-2-11-28-19-9-7-18(8-10-19)24-13-16(12-21(24)26)22(27)29-14-20(25)15-3-5-17(23)6-4-15/h3-10,16H,2,11-14H2,1H3. The van der Waals surface area contributed by atoms with Crippen LogP contribution in [0.1, 0.15) is 30.1 Å². The number of hydrogen-bond acceptors (Lipinski definition) is 5. The van der Waals surface area contributed by atoms with Gasteiger partial charge >= 0.3 is 5.97 Å². The fourth-order valence-electron chi connectivity index (χ4n) is 3.03. The number of nitrogens with zero attached hydrogens (tertiary/aromatic N) is 1. The van der Waals surface area contributed by atoms with E-state index >= 15 is 0 Å². The van der Waals surface area contributed by atoms with Crippen LogP contribution in [-0.2, 0) is 14.3 Å². The van der Waals surface area contributed by atoms with Crippen LogP contribution in [0.25, 0.3) is 0 Å². The summed E-state index contributed by atoms with van der Waals surface area (Å²) in [4.78, 5) is 38.4. The number of ether oxygens (including phenoxy) is 2. The number of anilines is 1. The molecule has 1 atom stereocenters. The van der Waals surface area contributed by atoms with Gasteiger partial charge in [-0.1, -0.05) is 35.0 Å². The van der Waals surface area contributed by atoms with Gasteiger partial charge in [0.2, 0.25) is 5.91 Å². The maximum Gasteiger partial charge on any atom is 0.311 e. The minimum atomic E-state index is -0.587. The van der Waals surface area contributed by atoms with Gasteiger partial charge in [0.05, 0.1) is 12.5 Å². The zero-order valence-corrected chi connectivity index (χ0v) is 17.7. The second-order valence-corrected chi connectivity index (χ2v) is 7.70. The average Bonchev–Trinajstić information content (AvgIpc) is 3.13. The number of carbonyl (C=O) groups is 3. The van der Waals surface area contributed by atoms with Crippen LogP contribution < -0.4 is 9.64 Å². The fraction of sp³-hybridized carbons (Fsp3) is 0.318. The molecule has 1 aliphatic heterocycles. The zero-order valence-electron chi connectivity index (χ0n) is 16.1. The molecule has 1 heterocycles. The van der Waals surface area contributed by atoms with Gasteiger partial charge in [-0.15, -0.1) is 0 Å². The lowest BCUT2D eigenvalue weighted by atomic mass is 10.1. The summed E-state index contributed by atoms with van der Waals surface area (Å²) in [6.07, 6.45) is 0.986. The fourth-order valence-corrected chi connectivity index (χ4v) is 3.30. The summed E-state index contributed by atoms with van der Waals surface area (Å²) in [5, 5.41) is 0. The molecule has 0 radical (unpaired) electrons. The number of amides is 1. The molecule has 1 fully saturated rings. The Hall–Kier alpha value is -2.67. The van der Waals surface area contributed by atoms with E-state index in [1.54, 1.807) is 53.4 Å². The Labute approximate surface area is 177 Å². The van der Waals surface area contributed by atoms with E-state index in [1.165, 1.54) is 0 Å². The van der Waals surface area contributed by atoms with E-state index in [2.05, 4.69) is 15.9 Å². The van der Waals surface area contributed by atoms with Crippen molar-refractivity contribution in [1.82, 2.24) is 0 Å². The van der Waals surface area contributed by atoms with Crippen molar-refractivity contribution in [2.45, 2.75) is 19.8 Å². The van der Waals surface area contributed by atoms with Crippen LogP contribution >= 0.6 is 15.9 Å². The predicted octanol–water partition coefficient (Wildman–Crippen LogP) is 4.02. The highest BCUT2D eigenvalue weighted by molar-refractivity contribution is 9.10. The second-order valence-electron chi connectivity index (χ2n) is 6.79. The normalized spacial score (nSPS) is 16.0. The van der Waals surface area contributed by atoms with E-state index in [9.17, 15) is 14.4 Å². The first-order chi connectivity index (χ1) is 14.0. The van der Waals surface area contributed by atoms with Gasteiger partial charge in [0.15, 0.2) is 12.4 Å². The molecular formula is C22H22BrNO5. The van der Waals surface area contributed by atoms with Gasteiger partial charge in [-0.25, -0.2) is 0 Å². The summed E-state index contributed by atoms with van der Waals surface area (Å²) < 4.78 is 11.6. The molecular weight excluding hydrogens is 438 g/mol. The molecule has 152 valence electrons. The number of halogens is 1. The van der Waals surface area contributed by atoms with Gasteiger partial charge in [0.25, 0.3) is 0 Å². The summed E-state index contributed by atoms with van der Waals surface area (Å²) in [6.45, 7) is 2.56. The van der Waals surface area contributed by atoms with Crippen molar-refractivity contribution in [3.8, 4) is 5.75 Å². The second kappa shape index (κ2) is 9.69. The molecule has 29 heavy (non-hydrogen) atoms. The van der Waals surface area contributed by atoms with Crippen LogP contribution in [0, 0.1) is 5.92 Å². The topological polar surface area (TPSA) is 72.9 Å². The third-order valence-electron chi connectivity index (χ3n) is 4.59. The molecule has 2 aromatic carbocycles. The Morgan fingerprint density at radius 3 is 2.45 bits per heavy atom. The number of Topliss-reactive ketones (excluding diaryl/α,β-unsaturated/α-hetero) is 1. The van der Waals surface area contributed by atoms with Crippen LogP contribution in [0.2, 0.25) is 0 Å². The van der Waals surface area contributed by atoms with Crippen LogP contribution in [0.5, 0.6) is 5.75 Å². The largest absolute Gasteiger partial charge is 0.494 e. The Kier molecular flexibility index (Phi) is 7.04. The third-order valence-corrected chi connectivity index (χ3v) is 5.12. The van der Waals surface area contributed by atoms with Crippen molar-refractivity contribution in [1.29, 1.82) is 0 Å². The first kappa shape index (κ1) is 21.0. The van der Waals surface area contributed by atoms with E-state index in [0.29, 0.717) is 17.9 Å². The Morgan fingerprint density at radius 1 is 1.10 bits per heavy atom. The van der Waals surface area contributed by atoms with E-state index in [4.69, 9.17) is 9.47 Å². The number of esters is 1. The Morgan fingerprint density at radius 2 is 1.79 bits per heavy atom. The molecule has 7 heteroatoms. The molecule has 0 saturated carbocycles. The van der Waals surface area contributed by atoms with E-state index in [1.807, 2.05) is 6.92 Å². The molecule has 0 N–H and O–H groups in total. The quantitative estimate of drug-likeness (QED) is 0.440. The Bertz CT molecular complexity index is 879. The monoisotopic (exact) mass is 459 g/mol. The molecule has 0 spiro atoms. The third kappa shape index (κ3) is 5.44. The minimum absolute atomic E-state index is 0.0688.